The number of aliphatic hydroxyl groups excluding tert-OH is 1. The van der Waals surface area contributed by atoms with Crippen LogP contribution in [0.3, 0.4) is 0 Å². The van der Waals surface area contributed by atoms with Gasteiger partial charge in [-0.3, -0.25) is 0 Å². The largest absolute Gasteiger partial charge is 0.488 e. The summed E-state index contributed by atoms with van der Waals surface area (Å²) in [6.07, 6.45) is 5.21. The summed E-state index contributed by atoms with van der Waals surface area (Å²) < 4.78 is 19.6. The summed E-state index contributed by atoms with van der Waals surface area (Å²) >= 11 is 0. The maximum atomic E-state index is 13.7. The van der Waals surface area contributed by atoms with Gasteiger partial charge < -0.3 is 15.2 Å². The Kier molecular flexibility index (Phi) is 6.46. The van der Waals surface area contributed by atoms with Gasteiger partial charge in [-0.25, -0.2) is 4.39 Å². The van der Waals surface area contributed by atoms with Gasteiger partial charge in [0.2, 0.25) is 0 Å². The Balaban J connectivity index is 2.01. The zero-order valence-corrected chi connectivity index (χ0v) is 12.8. The van der Waals surface area contributed by atoms with Crippen LogP contribution < -0.4 is 10.1 Å². The molecule has 1 fully saturated rings. The van der Waals surface area contributed by atoms with E-state index in [0.717, 1.165) is 50.6 Å². The molecule has 1 aromatic carbocycles. The summed E-state index contributed by atoms with van der Waals surface area (Å²) in [7, 11) is 0. The first-order chi connectivity index (χ1) is 10.2. The fraction of sp³-hybridized carbons (Fsp3) is 0.647. The van der Waals surface area contributed by atoms with Crippen LogP contribution in [0.5, 0.6) is 5.75 Å². The first-order valence-electron chi connectivity index (χ1n) is 8.04. The van der Waals surface area contributed by atoms with Crippen LogP contribution in [0.2, 0.25) is 0 Å². The quantitative estimate of drug-likeness (QED) is 0.624. The van der Waals surface area contributed by atoms with Gasteiger partial charge in [-0.1, -0.05) is 19.8 Å². The molecule has 0 spiro atoms. The topological polar surface area (TPSA) is 41.5 Å². The molecule has 0 radical (unpaired) electrons. The monoisotopic (exact) mass is 295 g/mol. The van der Waals surface area contributed by atoms with Crippen LogP contribution in [0.25, 0.3) is 0 Å². The van der Waals surface area contributed by atoms with E-state index in [4.69, 9.17) is 4.74 Å². The molecule has 0 saturated heterocycles. The van der Waals surface area contributed by atoms with Crippen molar-refractivity contribution in [1.82, 2.24) is 5.32 Å². The second-order valence-corrected chi connectivity index (χ2v) is 5.83. The van der Waals surface area contributed by atoms with Crippen LogP contribution in [0, 0.1) is 5.82 Å². The lowest BCUT2D eigenvalue weighted by Gasteiger charge is -2.22. The van der Waals surface area contributed by atoms with E-state index in [-0.39, 0.29) is 11.9 Å². The number of nitrogens with one attached hydrogen (secondary N) is 1. The Hall–Kier alpha value is -1.13. The number of ether oxygens (including phenoxy) is 1. The number of rotatable bonds is 6. The molecule has 0 bridgehead atoms. The fourth-order valence-corrected chi connectivity index (χ4v) is 2.77. The molecule has 1 aliphatic rings. The molecule has 1 aromatic rings. The zero-order valence-electron chi connectivity index (χ0n) is 12.8. The predicted octanol–water partition coefficient (Wildman–Crippen LogP) is 3.40. The van der Waals surface area contributed by atoms with Gasteiger partial charge in [0.1, 0.15) is 17.7 Å². The first kappa shape index (κ1) is 16.2. The number of benzene rings is 1. The van der Waals surface area contributed by atoms with Gasteiger partial charge in [0.25, 0.3) is 0 Å². The molecule has 2 unspecified atom stereocenters. The Morgan fingerprint density at radius 1 is 1.24 bits per heavy atom. The number of hydrogen-bond acceptors (Lipinski definition) is 3. The van der Waals surface area contributed by atoms with E-state index in [2.05, 4.69) is 12.2 Å². The SMILES string of the molecule is CCCNCc1cc(F)cc(OC2CCCCCC2O)c1. The van der Waals surface area contributed by atoms with Crippen LogP contribution in [-0.4, -0.2) is 23.9 Å². The lowest BCUT2D eigenvalue weighted by Crippen LogP contribution is -2.30. The molecule has 2 N–H and O–H groups in total. The van der Waals surface area contributed by atoms with Crippen molar-refractivity contribution in [2.75, 3.05) is 6.54 Å². The highest BCUT2D eigenvalue weighted by Gasteiger charge is 2.23. The van der Waals surface area contributed by atoms with Crippen LogP contribution >= 0.6 is 0 Å². The van der Waals surface area contributed by atoms with Gasteiger partial charge in [-0.05, 0) is 49.9 Å². The maximum absolute atomic E-state index is 13.7. The molecular formula is C17H26FNO2. The van der Waals surface area contributed by atoms with E-state index < -0.39 is 6.10 Å². The molecule has 2 rings (SSSR count). The average molecular weight is 295 g/mol. The van der Waals surface area contributed by atoms with Gasteiger partial charge in [-0.15, -0.1) is 0 Å². The summed E-state index contributed by atoms with van der Waals surface area (Å²) in [6, 6.07) is 4.79. The third kappa shape index (κ3) is 5.29. The van der Waals surface area contributed by atoms with Gasteiger partial charge in [0, 0.05) is 12.6 Å². The van der Waals surface area contributed by atoms with Gasteiger partial charge in [0.05, 0.1) is 6.10 Å². The predicted molar refractivity (Wildman–Crippen MR) is 81.9 cm³/mol. The van der Waals surface area contributed by atoms with Gasteiger partial charge in [-0.2, -0.15) is 0 Å². The van der Waals surface area contributed by atoms with Crippen molar-refractivity contribution in [2.45, 2.75) is 64.2 Å². The molecule has 1 saturated carbocycles. The molecule has 0 aromatic heterocycles. The number of halogens is 1. The minimum atomic E-state index is -0.447. The van der Waals surface area contributed by atoms with Crippen LogP contribution in [0.1, 0.15) is 51.0 Å². The second kappa shape index (κ2) is 8.35. The highest BCUT2D eigenvalue weighted by atomic mass is 19.1. The van der Waals surface area contributed by atoms with Crippen molar-refractivity contribution in [2.24, 2.45) is 0 Å². The molecule has 0 amide bonds. The van der Waals surface area contributed by atoms with Crippen molar-refractivity contribution in [3.05, 3.63) is 29.6 Å². The summed E-state index contributed by atoms with van der Waals surface area (Å²) in [6.45, 7) is 3.64. The molecule has 1 aliphatic carbocycles. The van der Waals surface area contributed by atoms with Crippen molar-refractivity contribution in [1.29, 1.82) is 0 Å². The standard InChI is InChI=1S/C17H26FNO2/c1-2-8-19-12-13-9-14(18)11-15(10-13)21-17-7-5-3-4-6-16(17)20/h9-11,16-17,19-20H,2-8,12H2,1H3. The Morgan fingerprint density at radius 3 is 2.86 bits per heavy atom. The van der Waals surface area contributed by atoms with Crippen molar-refractivity contribution >= 4 is 0 Å². The molecule has 4 heteroatoms. The molecule has 118 valence electrons. The minimum Gasteiger partial charge on any atom is -0.488 e. The van der Waals surface area contributed by atoms with E-state index in [9.17, 15) is 9.50 Å². The van der Waals surface area contributed by atoms with Crippen LogP contribution in [0.4, 0.5) is 4.39 Å². The Labute approximate surface area is 126 Å². The molecular weight excluding hydrogens is 269 g/mol. The summed E-state index contributed by atoms with van der Waals surface area (Å²) in [5, 5.41) is 13.3. The lowest BCUT2D eigenvalue weighted by molar-refractivity contribution is 0.0317. The fourth-order valence-electron chi connectivity index (χ4n) is 2.77. The lowest BCUT2D eigenvalue weighted by atomic mass is 10.1. The normalized spacial score (nSPS) is 22.8. The first-order valence-corrected chi connectivity index (χ1v) is 8.04. The van der Waals surface area contributed by atoms with Crippen molar-refractivity contribution < 1.29 is 14.2 Å². The summed E-state index contributed by atoms with van der Waals surface area (Å²) in [5.41, 5.74) is 0.876. The average Bonchev–Trinajstić information content (AvgIpc) is 2.64. The van der Waals surface area contributed by atoms with Gasteiger partial charge >= 0.3 is 0 Å². The molecule has 21 heavy (non-hydrogen) atoms. The van der Waals surface area contributed by atoms with E-state index in [1.54, 1.807) is 0 Å². The highest BCUT2D eigenvalue weighted by Crippen LogP contribution is 2.24. The smallest absolute Gasteiger partial charge is 0.127 e. The second-order valence-electron chi connectivity index (χ2n) is 5.83. The third-order valence-electron chi connectivity index (χ3n) is 3.89. The highest BCUT2D eigenvalue weighted by molar-refractivity contribution is 5.30. The summed E-state index contributed by atoms with van der Waals surface area (Å²) in [4.78, 5) is 0. The molecule has 2 atom stereocenters. The Bertz CT molecular complexity index is 439. The van der Waals surface area contributed by atoms with E-state index in [1.165, 1.54) is 12.1 Å². The van der Waals surface area contributed by atoms with Crippen molar-refractivity contribution in [3.63, 3.8) is 0 Å². The number of aliphatic hydroxyl groups is 1. The minimum absolute atomic E-state index is 0.217. The van der Waals surface area contributed by atoms with E-state index in [1.807, 2.05) is 6.07 Å². The van der Waals surface area contributed by atoms with Crippen molar-refractivity contribution in [3.8, 4) is 5.75 Å². The van der Waals surface area contributed by atoms with E-state index >= 15 is 0 Å². The Morgan fingerprint density at radius 2 is 2.05 bits per heavy atom. The molecule has 0 heterocycles. The van der Waals surface area contributed by atoms with Crippen LogP contribution in [-0.2, 0) is 6.54 Å². The third-order valence-corrected chi connectivity index (χ3v) is 3.89. The molecule has 0 aliphatic heterocycles. The number of hydrogen-bond donors (Lipinski definition) is 2. The van der Waals surface area contributed by atoms with E-state index in [0.29, 0.717) is 12.3 Å². The summed E-state index contributed by atoms with van der Waals surface area (Å²) in [5.74, 6) is 0.234. The van der Waals surface area contributed by atoms with Crippen LogP contribution in [0.15, 0.2) is 18.2 Å². The molecule has 3 nitrogen and oxygen atoms in total. The zero-order chi connectivity index (χ0) is 15.1. The van der Waals surface area contributed by atoms with Gasteiger partial charge in [0.15, 0.2) is 0 Å². The maximum Gasteiger partial charge on any atom is 0.127 e.